The van der Waals surface area contributed by atoms with Gasteiger partial charge in [-0.15, -0.1) is 0 Å². The van der Waals surface area contributed by atoms with E-state index in [9.17, 15) is 10.1 Å². The summed E-state index contributed by atoms with van der Waals surface area (Å²) in [7, 11) is 0. The summed E-state index contributed by atoms with van der Waals surface area (Å²) >= 11 is 1.42. The van der Waals surface area contributed by atoms with Gasteiger partial charge in [-0.2, -0.15) is 4.37 Å². The molecule has 9 heteroatoms. The van der Waals surface area contributed by atoms with Crippen LogP contribution in [0.3, 0.4) is 0 Å². The van der Waals surface area contributed by atoms with E-state index >= 15 is 0 Å². The number of hydrogen-bond acceptors (Lipinski definition) is 8. The summed E-state index contributed by atoms with van der Waals surface area (Å²) in [6.45, 7) is 5.09. The van der Waals surface area contributed by atoms with Crippen LogP contribution in [0.1, 0.15) is 19.2 Å². The van der Waals surface area contributed by atoms with Crippen LogP contribution >= 0.6 is 11.5 Å². The highest BCUT2D eigenvalue weighted by molar-refractivity contribution is 7.09. The molecule has 1 aromatic heterocycles. The third-order valence-electron chi connectivity index (χ3n) is 4.08. The van der Waals surface area contributed by atoms with Gasteiger partial charge in [0, 0.05) is 55.9 Å². The molecule has 8 nitrogen and oxygen atoms in total. The first-order valence-electron chi connectivity index (χ1n) is 7.95. The molecule has 2 N–H and O–H groups in total. The van der Waals surface area contributed by atoms with Gasteiger partial charge in [0.05, 0.1) is 4.92 Å². The first kappa shape index (κ1) is 16.4. The monoisotopic (exact) mass is 348 g/mol. The van der Waals surface area contributed by atoms with Crippen LogP contribution in [0.4, 0.5) is 22.2 Å². The van der Waals surface area contributed by atoms with Gasteiger partial charge in [-0.3, -0.25) is 10.1 Å². The summed E-state index contributed by atoms with van der Waals surface area (Å²) < 4.78 is 4.34. The SMILES string of the molecule is CCc1nsc(N2CCCN(c3cc(N)ccc3[N+](=O)[O-])CC2)n1. The standard InChI is InChI=1S/C15H20N6O2S/c1-2-14-17-15(24-18-14)20-7-3-6-19(8-9-20)13-10-11(16)4-5-12(13)21(22)23/h4-5,10H,2-3,6-9,16H2,1H3. The molecule has 1 saturated heterocycles. The maximum Gasteiger partial charge on any atom is 0.292 e. The average Bonchev–Trinajstić information content (AvgIpc) is 2.91. The van der Waals surface area contributed by atoms with Crippen LogP contribution in [0.2, 0.25) is 0 Å². The van der Waals surface area contributed by atoms with Crippen LogP contribution in [-0.2, 0) is 6.42 Å². The number of benzene rings is 1. The lowest BCUT2D eigenvalue weighted by molar-refractivity contribution is -0.384. The van der Waals surface area contributed by atoms with Crippen molar-refractivity contribution in [3.05, 3.63) is 34.1 Å². The molecule has 0 amide bonds. The summed E-state index contributed by atoms with van der Waals surface area (Å²) in [5.74, 6) is 0.863. The highest BCUT2D eigenvalue weighted by Crippen LogP contribution is 2.31. The maximum absolute atomic E-state index is 11.3. The quantitative estimate of drug-likeness (QED) is 0.514. The van der Waals surface area contributed by atoms with Crippen LogP contribution in [-0.4, -0.2) is 40.5 Å². The van der Waals surface area contributed by atoms with E-state index in [0.717, 1.165) is 43.4 Å². The van der Waals surface area contributed by atoms with Crippen molar-refractivity contribution in [3.63, 3.8) is 0 Å². The molecule has 0 unspecified atom stereocenters. The van der Waals surface area contributed by atoms with Gasteiger partial charge in [-0.1, -0.05) is 6.92 Å². The van der Waals surface area contributed by atoms with Crippen molar-refractivity contribution in [2.45, 2.75) is 19.8 Å². The van der Waals surface area contributed by atoms with Crippen LogP contribution < -0.4 is 15.5 Å². The molecule has 0 saturated carbocycles. The number of nitro benzene ring substituents is 1. The summed E-state index contributed by atoms with van der Waals surface area (Å²) in [5.41, 5.74) is 7.06. The Hall–Kier alpha value is -2.42. The summed E-state index contributed by atoms with van der Waals surface area (Å²) in [4.78, 5) is 19.7. The Labute approximate surface area is 144 Å². The largest absolute Gasteiger partial charge is 0.399 e. The van der Waals surface area contributed by atoms with E-state index in [0.29, 0.717) is 17.9 Å². The summed E-state index contributed by atoms with van der Waals surface area (Å²) in [6, 6.07) is 4.73. The van der Waals surface area contributed by atoms with E-state index < -0.39 is 0 Å². The Morgan fingerprint density at radius 3 is 2.75 bits per heavy atom. The zero-order chi connectivity index (χ0) is 17.1. The third-order valence-corrected chi connectivity index (χ3v) is 4.89. The zero-order valence-corrected chi connectivity index (χ0v) is 14.3. The molecule has 0 atom stereocenters. The number of nitrogens with zero attached hydrogens (tertiary/aromatic N) is 5. The molecule has 3 rings (SSSR count). The highest BCUT2D eigenvalue weighted by Gasteiger charge is 2.23. The number of aryl methyl sites for hydroxylation is 1. The molecule has 1 aliphatic heterocycles. The number of rotatable bonds is 4. The lowest BCUT2D eigenvalue weighted by Gasteiger charge is -2.23. The molecule has 0 spiro atoms. The van der Waals surface area contributed by atoms with Crippen molar-refractivity contribution in [1.82, 2.24) is 9.36 Å². The van der Waals surface area contributed by atoms with Crippen LogP contribution in [0.5, 0.6) is 0 Å². The molecule has 0 radical (unpaired) electrons. The van der Waals surface area contributed by atoms with Crippen LogP contribution in [0.15, 0.2) is 18.2 Å². The van der Waals surface area contributed by atoms with Gasteiger partial charge in [0.2, 0.25) is 5.13 Å². The molecular weight excluding hydrogens is 328 g/mol. The van der Waals surface area contributed by atoms with Gasteiger partial charge in [0.1, 0.15) is 11.5 Å². The number of nitrogen functional groups attached to an aromatic ring is 1. The smallest absolute Gasteiger partial charge is 0.292 e. The normalized spacial score (nSPS) is 15.4. The topological polar surface area (TPSA) is 101 Å². The molecular formula is C15H20N6O2S. The van der Waals surface area contributed by atoms with Gasteiger partial charge in [-0.25, -0.2) is 4.98 Å². The van der Waals surface area contributed by atoms with Crippen molar-refractivity contribution in [3.8, 4) is 0 Å². The van der Waals surface area contributed by atoms with E-state index in [2.05, 4.69) is 14.3 Å². The number of aromatic nitrogens is 2. The predicted octanol–water partition coefficient (Wildman–Crippen LogP) is 2.31. The molecule has 1 aliphatic rings. The van der Waals surface area contributed by atoms with Crippen LogP contribution in [0.25, 0.3) is 0 Å². The molecule has 2 heterocycles. The van der Waals surface area contributed by atoms with Gasteiger partial charge < -0.3 is 15.5 Å². The van der Waals surface area contributed by atoms with E-state index in [4.69, 9.17) is 5.73 Å². The van der Waals surface area contributed by atoms with Crippen LogP contribution in [0, 0.1) is 10.1 Å². The Balaban J connectivity index is 1.78. The van der Waals surface area contributed by atoms with Gasteiger partial charge in [-0.05, 0) is 18.6 Å². The maximum atomic E-state index is 11.3. The van der Waals surface area contributed by atoms with Crippen molar-refractivity contribution in [2.75, 3.05) is 41.7 Å². The molecule has 2 aromatic rings. The summed E-state index contributed by atoms with van der Waals surface area (Å²) in [6.07, 6.45) is 1.72. The first-order chi connectivity index (χ1) is 11.6. The molecule has 0 bridgehead atoms. The fourth-order valence-corrected chi connectivity index (χ4v) is 3.62. The number of nitrogens with two attached hydrogens (primary N) is 1. The second-order valence-corrected chi connectivity index (χ2v) is 6.41. The van der Waals surface area contributed by atoms with E-state index in [-0.39, 0.29) is 10.6 Å². The van der Waals surface area contributed by atoms with Crippen molar-refractivity contribution < 1.29 is 4.92 Å². The van der Waals surface area contributed by atoms with E-state index in [1.54, 1.807) is 12.1 Å². The minimum absolute atomic E-state index is 0.0989. The first-order valence-corrected chi connectivity index (χ1v) is 8.72. The second-order valence-electron chi connectivity index (χ2n) is 5.68. The third kappa shape index (κ3) is 3.40. The fraction of sp³-hybridized carbons (Fsp3) is 0.467. The summed E-state index contributed by atoms with van der Waals surface area (Å²) in [5, 5.41) is 12.2. The second kappa shape index (κ2) is 7.00. The predicted molar refractivity (Wildman–Crippen MR) is 95.8 cm³/mol. The van der Waals surface area contributed by atoms with Crippen molar-refractivity contribution in [1.29, 1.82) is 0 Å². The molecule has 1 aromatic carbocycles. The average molecular weight is 348 g/mol. The molecule has 0 aliphatic carbocycles. The molecule has 128 valence electrons. The van der Waals surface area contributed by atoms with Gasteiger partial charge in [0.25, 0.3) is 5.69 Å². The van der Waals surface area contributed by atoms with E-state index in [1.165, 1.54) is 17.6 Å². The fourth-order valence-electron chi connectivity index (χ4n) is 2.81. The minimum atomic E-state index is -0.351. The van der Waals surface area contributed by atoms with Gasteiger partial charge in [0.15, 0.2) is 0 Å². The number of nitro groups is 1. The Morgan fingerprint density at radius 2 is 2.04 bits per heavy atom. The van der Waals surface area contributed by atoms with Crippen molar-refractivity contribution in [2.24, 2.45) is 0 Å². The lowest BCUT2D eigenvalue weighted by Crippen LogP contribution is -2.31. The van der Waals surface area contributed by atoms with Gasteiger partial charge >= 0.3 is 0 Å². The molecule has 24 heavy (non-hydrogen) atoms. The Kier molecular flexibility index (Phi) is 4.79. The molecule has 1 fully saturated rings. The zero-order valence-electron chi connectivity index (χ0n) is 13.5. The Morgan fingerprint density at radius 1 is 1.29 bits per heavy atom. The highest BCUT2D eigenvalue weighted by atomic mass is 32.1. The lowest BCUT2D eigenvalue weighted by atomic mass is 10.2. The minimum Gasteiger partial charge on any atom is -0.399 e. The Bertz CT molecular complexity index is 735. The van der Waals surface area contributed by atoms with E-state index in [1.807, 2.05) is 11.8 Å². The number of anilines is 3. The van der Waals surface area contributed by atoms with Crippen molar-refractivity contribution >= 4 is 33.7 Å². The number of hydrogen-bond donors (Lipinski definition) is 1.